The lowest BCUT2D eigenvalue weighted by atomic mass is 9.93. The van der Waals surface area contributed by atoms with Crippen molar-refractivity contribution in [2.45, 2.75) is 25.7 Å². The molecule has 1 fully saturated rings. The van der Waals surface area contributed by atoms with E-state index < -0.39 is 0 Å². The van der Waals surface area contributed by atoms with Gasteiger partial charge in [-0.05, 0) is 45.3 Å². The van der Waals surface area contributed by atoms with Crippen LogP contribution >= 0.6 is 0 Å². The Hall–Kier alpha value is -0.410. The van der Waals surface area contributed by atoms with E-state index in [1.807, 2.05) is 0 Å². The third-order valence-electron chi connectivity index (χ3n) is 2.53. The maximum Gasteiger partial charge on any atom is 0.120 e. The molecule has 3 nitrogen and oxygen atoms in total. The molecule has 0 unspecified atom stereocenters. The molecular formula is C10H21NO2. The molecule has 0 aromatic carbocycles. The molecule has 0 aromatic rings. The highest BCUT2D eigenvalue weighted by Crippen LogP contribution is 2.19. The summed E-state index contributed by atoms with van der Waals surface area (Å²) in [6, 6.07) is 0. The van der Waals surface area contributed by atoms with Crippen molar-refractivity contribution in [3.8, 4) is 0 Å². The first-order valence-corrected chi connectivity index (χ1v) is 4.90. The van der Waals surface area contributed by atoms with E-state index in [1.165, 1.54) is 25.9 Å². The van der Waals surface area contributed by atoms with E-state index in [1.54, 1.807) is 0 Å². The van der Waals surface area contributed by atoms with E-state index in [-0.39, 0.29) is 0 Å². The minimum Gasteiger partial charge on any atom is -0.400 e. The molecule has 0 bridgehead atoms. The van der Waals surface area contributed by atoms with Crippen LogP contribution in [0.5, 0.6) is 0 Å². The second kappa shape index (κ2) is 8.20. The van der Waals surface area contributed by atoms with Crippen molar-refractivity contribution in [3.05, 3.63) is 0 Å². The smallest absolute Gasteiger partial charge is 0.120 e. The summed E-state index contributed by atoms with van der Waals surface area (Å²) in [5.74, 6) is 0.816. The third kappa shape index (κ3) is 5.77. The van der Waals surface area contributed by atoms with Gasteiger partial charge in [0, 0.05) is 13.5 Å². The second-order valence-corrected chi connectivity index (χ2v) is 3.49. The van der Waals surface area contributed by atoms with E-state index in [2.05, 4.69) is 11.9 Å². The topological polar surface area (TPSA) is 40.5 Å². The fourth-order valence-corrected chi connectivity index (χ4v) is 1.65. The monoisotopic (exact) mass is 187 g/mol. The molecule has 1 rings (SSSR count). The minimum absolute atomic E-state index is 0.758. The summed E-state index contributed by atoms with van der Waals surface area (Å²) in [5, 5.41) is 7.00. The van der Waals surface area contributed by atoms with Crippen LogP contribution in [0.1, 0.15) is 25.7 Å². The Balaban J connectivity index is 0.000000671. The molecule has 1 N–H and O–H groups in total. The van der Waals surface area contributed by atoms with Gasteiger partial charge in [0.25, 0.3) is 0 Å². The number of aldehydes is 1. The van der Waals surface area contributed by atoms with Crippen molar-refractivity contribution >= 4 is 6.29 Å². The molecule has 0 aliphatic carbocycles. The summed E-state index contributed by atoms with van der Waals surface area (Å²) in [5.41, 5.74) is 0. The number of hydrogen-bond donors (Lipinski definition) is 1. The molecule has 1 saturated heterocycles. The lowest BCUT2D eigenvalue weighted by molar-refractivity contribution is -0.108. The van der Waals surface area contributed by atoms with Crippen molar-refractivity contribution < 1.29 is 9.90 Å². The highest BCUT2D eigenvalue weighted by atomic mass is 16.2. The number of piperidine rings is 1. The first-order chi connectivity index (χ1) is 6.33. The van der Waals surface area contributed by atoms with Gasteiger partial charge in [0.1, 0.15) is 6.29 Å². The maximum absolute atomic E-state index is 10.1. The molecule has 1 aliphatic heterocycles. The summed E-state index contributed by atoms with van der Waals surface area (Å²) in [6.45, 7) is 2.42. The van der Waals surface area contributed by atoms with E-state index in [9.17, 15) is 4.79 Å². The number of aliphatic hydroxyl groups excluding tert-OH is 1. The lowest BCUT2D eigenvalue weighted by Crippen LogP contribution is -2.30. The molecule has 13 heavy (non-hydrogen) atoms. The predicted octanol–water partition coefficient (Wildman–Crippen LogP) is 0.916. The van der Waals surface area contributed by atoms with Gasteiger partial charge in [0.2, 0.25) is 0 Å². The number of rotatable bonds is 3. The average Bonchev–Trinajstić information content (AvgIpc) is 2.20. The van der Waals surface area contributed by atoms with Crippen LogP contribution in [-0.2, 0) is 4.79 Å². The number of likely N-dealkylation sites (tertiary alicyclic amines) is 1. The number of carbonyl (C=O) groups is 1. The highest BCUT2D eigenvalue weighted by molar-refractivity contribution is 5.49. The highest BCUT2D eigenvalue weighted by Gasteiger charge is 2.15. The Kier molecular flexibility index (Phi) is 7.94. The van der Waals surface area contributed by atoms with Gasteiger partial charge in [0.05, 0.1) is 0 Å². The van der Waals surface area contributed by atoms with Crippen LogP contribution < -0.4 is 0 Å². The zero-order chi connectivity index (χ0) is 10.1. The SMILES string of the molecule is CN1CCC(CCC=O)CC1.CO. The summed E-state index contributed by atoms with van der Waals surface area (Å²) in [4.78, 5) is 12.5. The van der Waals surface area contributed by atoms with Crippen molar-refractivity contribution in [1.29, 1.82) is 0 Å². The first kappa shape index (κ1) is 12.6. The fourth-order valence-electron chi connectivity index (χ4n) is 1.65. The van der Waals surface area contributed by atoms with Gasteiger partial charge in [-0.1, -0.05) is 0 Å². The standard InChI is InChI=1S/C9H17NO.CH4O/c1-10-6-4-9(5-7-10)3-2-8-11;1-2/h8-9H,2-7H2,1H3;2H,1H3. The van der Waals surface area contributed by atoms with Gasteiger partial charge < -0.3 is 14.8 Å². The van der Waals surface area contributed by atoms with E-state index >= 15 is 0 Å². The first-order valence-electron chi connectivity index (χ1n) is 4.90. The Morgan fingerprint density at radius 3 is 2.38 bits per heavy atom. The second-order valence-electron chi connectivity index (χ2n) is 3.49. The quantitative estimate of drug-likeness (QED) is 0.668. The number of nitrogens with zero attached hydrogens (tertiary/aromatic N) is 1. The van der Waals surface area contributed by atoms with Gasteiger partial charge in [-0.25, -0.2) is 0 Å². The Morgan fingerprint density at radius 1 is 1.38 bits per heavy atom. The molecular weight excluding hydrogens is 166 g/mol. The number of hydrogen-bond acceptors (Lipinski definition) is 3. The fraction of sp³-hybridized carbons (Fsp3) is 0.900. The van der Waals surface area contributed by atoms with Gasteiger partial charge in [-0.3, -0.25) is 0 Å². The molecule has 1 heterocycles. The number of aliphatic hydroxyl groups is 1. The average molecular weight is 187 g/mol. The van der Waals surface area contributed by atoms with Crippen LogP contribution in [0.15, 0.2) is 0 Å². The lowest BCUT2D eigenvalue weighted by Gasteiger charge is -2.28. The van der Waals surface area contributed by atoms with Crippen molar-refractivity contribution in [2.24, 2.45) is 5.92 Å². The van der Waals surface area contributed by atoms with E-state index in [0.29, 0.717) is 0 Å². The van der Waals surface area contributed by atoms with Gasteiger partial charge in [-0.2, -0.15) is 0 Å². The van der Waals surface area contributed by atoms with Gasteiger partial charge in [-0.15, -0.1) is 0 Å². The summed E-state index contributed by atoms with van der Waals surface area (Å²) >= 11 is 0. The van der Waals surface area contributed by atoms with Gasteiger partial charge >= 0.3 is 0 Å². The molecule has 0 amide bonds. The molecule has 3 heteroatoms. The van der Waals surface area contributed by atoms with Crippen LogP contribution in [0.3, 0.4) is 0 Å². The number of carbonyl (C=O) groups excluding carboxylic acids is 1. The van der Waals surface area contributed by atoms with Crippen LogP contribution in [-0.4, -0.2) is 43.5 Å². The van der Waals surface area contributed by atoms with Crippen LogP contribution in [0.4, 0.5) is 0 Å². The molecule has 0 atom stereocenters. The third-order valence-corrected chi connectivity index (χ3v) is 2.53. The molecule has 0 radical (unpaired) electrons. The van der Waals surface area contributed by atoms with Crippen LogP contribution in [0.25, 0.3) is 0 Å². The molecule has 0 aromatic heterocycles. The van der Waals surface area contributed by atoms with Gasteiger partial charge in [0.15, 0.2) is 0 Å². The molecule has 1 aliphatic rings. The van der Waals surface area contributed by atoms with Crippen LogP contribution in [0, 0.1) is 5.92 Å². The largest absolute Gasteiger partial charge is 0.400 e. The van der Waals surface area contributed by atoms with Crippen molar-refractivity contribution in [2.75, 3.05) is 27.2 Å². The Bertz CT molecular complexity index is 120. The Labute approximate surface area is 80.7 Å². The normalized spacial score (nSPS) is 19.0. The molecule has 78 valence electrons. The Morgan fingerprint density at radius 2 is 1.92 bits per heavy atom. The summed E-state index contributed by atoms with van der Waals surface area (Å²) in [6.07, 6.45) is 5.47. The maximum atomic E-state index is 10.1. The zero-order valence-electron chi connectivity index (χ0n) is 8.70. The summed E-state index contributed by atoms with van der Waals surface area (Å²) < 4.78 is 0. The zero-order valence-corrected chi connectivity index (χ0v) is 8.70. The molecule has 0 saturated carbocycles. The minimum atomic E-state index is 0.758. The summed E-state index contributed by atoms with van der Waals surface area (Å²) in [7, 11) is 3.16. The predicted molar refractivity (Wildman–Crippen MR) is 53.7 cm³/mol. The van der Waals surface area contributed by atoms with Crippen molar-refractivity contribution in [1.82, 2.24) is 4.90 Å². The van der Waals surface area contributed by atoms with E-state index in [0.717, 1.165) is 32.2 Å². The van der Waals surface area contributed by atoms with Crippen molar-refractivity contribution in [3.63, 3.8) is 0 Å². The van der Waals surface area contributed by atoms with Crippen LogP contribution in [0.2, 0.25) is 0 Å². The van der Waals surface area contributed by atoms with E-state index in [4.69, 9.17) is 5.11 Å². The molecule has 0 spiro atoms.